The first-order chi connectivity index (χ1) is 18.6. The number of benzene rings is 3. The van der Waals surface area contributed by atoms with Crippen molar-refractivity contribution in [3.05, 3.63) is 96.1 Å². The number of nitrogens with zero attached hydrogens (tertiary/aromatic N) is 5. The number of fused-ring (bicyclic) bond motifs is 1. The molecule has 3 heterocycles. The molecule has 1 saturated heterocycles. The van der Waals surface area contributed by atoms with Crippen LogP contribution >= 0.6 is 0 Å². The van der Waals surface area contributed by atoms with E-state index in [-0.39, 0.29) is 5.82 Å². The van der Waals surface area contributed by atoms with Crippen molar-refractivity contribution in [2.75, 3.05) is 26.7 Å². The number of methoxy groups -OCH3 is 1. The fourth-order valence-corrected chi connectivity index (χ4v) is 5.65. The van der Waals surface area contributed by atoms with Gasteiger partial charge in [0.15, 0.2) is 0 Å². The normalized spacial score (nSPS) is 14.8. The Labute approximate surface area is 222 Å². The summed E-state index contributed by atoms with van der Waals surface area (Å²) in [5.74, 6) is 1.15. The van der Waals surface area contributed by atoms with Gasteiger partial charge in [-0.25, -0.2) is 9.07 Å². The van der Waals surface area contributed by atoms with Gasteiger partial charge in [-0.2, -0.15) is 0 Å². The first-order valence-corrected chi connectivity index (χ1v) is 13.2. The van der Waals surface area contributed by atoms with Crippen molar-refractivity contribution in [2.24, 2.45) is 7.05 Å². The molecular formula is C31H32FN5O. The zero-order chi connectivity index (χ0) is 26.1. The molecule has 6 nitrogen and oxygen atoms in total. The number of piperidine rings is 1. The molecule has 38 heavy (non-hydrogen) atoms. The van der Waals surface area contributed by atoms with Crippen LogP contribution in [0.15, 0.2) is 79.1 Å². The van der Waals surface area contributed by atoms with Crippen LogP contribution in [0.25, 0.3) is 27.8 Å². The molecule has 1 fully saturated rings. The van der Waals surface area contributed by atoms with E-state index >= 15 is 0 Å². The predicted octanol–water partition coefficient (Wildman–Crippen LogP) is 6.00. The van der Waals surface area contributed by atoms with Gasteiger partial charge in [-0.15, -0.1) is 5.10 Å². The van der Waals surface area contributed by atoms with Gasteiger partial charge in [-0.3, -0.25) is 0 Å². The van der Waals surface area contributed by atoms with E-state index in [1.165, 1.54) is 28.6 Å². The number of aromatic nitrogens is 4. The highest BCUT2D eigenvalue weighted by Crippen LogP contribution is 2.37. The number of hydrogen-bond acceptors (Lipinski definition) is 4. The van der Waals surface area contributed by atoms with Crippen LogP contribution in [-0.2, 0) is 13.5 Å². The summed E-state index contributed by atoms with van der Waals surface area (Å²) in [6, 6.07) is 21.7. The Bertz CT molecular complexity index is 1530. The summed E-state index contributed by atoms with van der Waals surface area (Å²) < 4.78 is 23.0. The number of hydrogen-bond donors (Lipinski definition) is 0. The number of aryl methyl sites for hydroxylation is 1. The summed E-state index contributed by atoms with van der Waals surface area (Å²) in [4.78, 5) is 2.58. The number of likely N-dealkylation sites (tertiary alicyclic amines) is 1. The molecule has 0 radical (unpaired) electrons. The Balaban J connectivity index is 1.25. The molecule has 0 N–H and O–H groups in total. The van der Waals surface area contributed by atoms with E-state index in [1.54, 1.807) is 18.0 Å². The molecule has 0 atom stereocenters. The molecule has 0 amide bonds. The average Bonchev–Trinajstić information content (AvgIpc) is 3.56. The van der Waals surface area contributed by atoms with Crippen molar-refractivity contribution in [3.8, 4) is 22.7 Å². The minimum absolute atomic E-state index is 0.224. The molecular weight excluding hydrogens is 477 g/mol. The molecule has 3 aromatic carbocycles. The van der Waals surface area contributed by atoms with Crippen LogP contribution in [-0.4, -0.2) is 51.2 Å². The largest absolute Gasteiger partial charge is 0.497 e. The van der Waals surface area contributed by atoms with Crippen molar-refractivity contribution in [1.82, 2.24) is 24.5 Å². The minimum atomic E-state index is -0.224. The molecule has 0 unspecified atom stereocenters. The third-order valence-corrected chi connectivity index (χ3v) is 7.85. The predicted molar refractivity (Wildman–Crippen MR) is 148 cm³/mol. The Morgan fingerprint density at radius 1 is 0.974 bits per heavy atom. The third-order valence-electron chi connectivity index (χ3n) is 7.85. The molecule has 0 bridgehead atoms. The standard InChI is InChI=1S/C31H32FN5O/c1-35-31(20-33-34-35)24-5-12-30-28(19-24)29(21-37(30)26-8-6-25(32)7-9-26)23-14-17-36(18-15-23)16-13-22-3-10-27(38-2)11-4-22/h3-12,19-21,23H,13-18H2,1-2H3. The smallest absolute Gasteiger partial charge is 0.123 e. The van der Waals surface area contributed by atoms with Crippen molar-refractivity contribution >= 4 is 10.9 Å². The SMILES string of the molecule is COc1ccc(CCN2CCC(c3cn(-c4ccc(F)cc4)c4ccc(-c5cnnn5C)cc34)CC2)cc1. The van der Waals surface area contributed by atoms with Gasteiger partial charge in [0, 0.05) is 36.4 Å². The molecule has 1 aliphatic rings. The second-order valence-electron chi connectivity index (χ2n) is 10.1. The Kier molecular flexibility index (Phi) is 6.68. The monoisotopic (exact) mass is 509 g/mol. The lowest BCUT2D eigenvalue weighted by Gasteiger charge is -2.32. The second-order valence-corrected chi connectivity index (χ2v) is 10.1. The van der Waals surface area contributed by atoms with E-state index in [4.69, 9.17) is 4.74 Å². The van der Waals surface area contributed by atoms with Crippen molar-refractivity contribution in [3.63, 3.8) is 0 Å². The van der Waals surface area contributed by atoms with E-state index in [0.717, 1.165) is 67.1 Å². The van der Waals surface area contributed by atoms with Crippen LogP contribution < -0.4 is 4.74 Å². The lowest BCUT2D eigenvalue weighted by atomic mass is 9.88. The van der Waals surface area contributed by atoms with E-state index in [1.807, 2.05) is 31.3 Å². The molecule has 194 valence electrons. The molecule has 1 aliphatic heterocycles. The fourth-order valence-electron chi connectivity index (χ4n) is 5.65. The number of halogens is 1. The van der Waals surface area contributed by atoms with Gasteiger partial charge in [-0.1, -0.05) is 23.4 Å². The van der Waals surface area contributed by atoms with Gasteiger partial charge in [0.05, 0.1) is 24.5 Å². The second kappa shape index (κ2) is 10.4. The number of rotatable bonds is 7. The number of ether oxygens (including phenoxy) is 1. The first-order valence-electron chi connectivity index (χ1n) is 13.2. The molecule has 0 aliphatic carbocycles. The Hall–Kier alpha value is -3.97. The minimum Gasteiger partial charge on any atom is -0.497 e. The highest BCUT2D eigenvalue weighted by molar-refractivity contribution is 5.90. The van der Waals surface area contributed by atoms with Gasteiger partial charge in [0.25, 0.3) is 0 Å². The van der Waals surface area contributed by atoms with Crippen LogP contribution in [0.1, 0.15) is 29.9 Å². The van der Waals surface area contributed by atoms with Crippen LogP contribution in [0, 0.1) is 5.82 Å². The van der Waals surface area contributed by atoms with Crippen LogP contribution in [0.3, 0.4) is 0 Å². The summed E-state index contributed by atoms with van der Waals surface area (Å²) >= 11 is 0. The van der Waals surface area contributed by atoms with Crippen molar-refractivity contribution in [1.29, 1.82) is 0 Å². The lowest BCUT2D eigenvalue weighted by molar-refractivity contribution is 0.215. The molecule has 7 heteroatoms. The maximum Gasteiger partial charge on any atom is 0.123 e. The third kappa shape index (κ3) is 4.82. The summed E-state index contributed by atoms with van der Waals surface area (Å²) in [5, 5.41) is 9.43. The topological polar surface area (TPSA) is 48.1 Å². The summed E-state index contributed by atoms with van der Waals surface area (Å²) in [6.45, 7) is 3.22. The van der Waals surface area contributed by atoms with Crippen LogP contribution in [0.2, 0.25) is 0 Å². The Morgan fingerprint density at radius 3 is 2.42 bits per heavy atom. The first kappa shape index (κ1) is 24.4. The van der Waals surface area contributed by atoms with Gasteiger partial charge in [-0.05, 0) is 97.9 Å². The van der Waals surface area contributed by atoms with E-state index in [9.17, 15) is 4.39 Å². The quantitative estimate of drug-likeness (QED) is 0.270. The fraction of sp³-hybridized carbons (Fsp3) is 0.290. The maximum atomic E-state index is 13.7. The zero-order valence-corrected chi connectivity index (χ0v) is 21.8. The molecule has 6 rings (SSSR count). The average molecular weight is 510 g/mol. The maximum absolute atomic E-state index is 13.7. The summed E-state index contributed by atoms with van der Waals surface area (Å²) in [5.41, 5.74) is 6.88. The van der Waals surface area contributed by atoms with Gasteiger partial charge < -0.3 is 14.2 Å². The Morgan fingerprint density at radius 2 is 1.74 bits per heavy atom. The zero-order valence-electron chi connectivity index (χ0n) is 21.8. The van der Waals surface area contributed by atoms with Gasteiger partial charge in [0.1, 0.15) is 11.6 Å². The molecule has 5 aromatic rings. The van der Waals surface area contributed by atoms with Crippen molar-refractivity contribution in [2.45, 2.75) is 25.2 Å². The van der Waals surface area contributed by atoms with Gasteiger partial charge in [0.2, 0.25) is 0 Å². The molecule has 0 saturated carbocycles. The highest BCUT2D eigenvalue weighted by atomic mass is 19.1. The summed E-state index contributed by atoms with van der Waals surface area (Å²) in [6.07, 6.45) is 7.34. The van der Waals surface area contributed by atoms with E-state index in [2.05, 4.69) is 56.3 Å². The molecule has 0 spiro atoms. The van der Waals surface area contributed by atoms with Crippen LogP contribution in [0.4, 0.5) is 4.39 Å². The van der Waals surface area contributed by atoms with Crippen molar-refractivity contribution < 1.29 is 9.13 Å². The molecule has 2 aromatic heterocycles. The van der Waals surface area contributed by atoms with E-state index in [0.29, 0.717) is 5.92 Å². The highest BCUT2D eigenvalue weighted by Gasteiger charge is 2.24. The van der Waals surface area contributed by atoms with Gasteiger partial charge >= 0.3 is 0 Å². The van der Waals surface area contributed by atoms with Crippen LogP contribution in [0.5, 0.6) is 5.75 Å². The van der Waals surface area contributed by atoms with E-state index < -0.39 is 0 Å². The lowest BCUT2D eigenvalue weighted by Crippen LogP contribution is -2.34. The summed E-state index contributed by atoms with van der Waals surface area (Å²) in [7, 11) is 3.62.